The SMILES string of the molecule is Cc1cccc(NC(=O)c2cc(N)c(C)c(F)c2)c1C#N. The zero-order valence-electron chi connectivity index (χ0n) is 11.7. The number of rotatable bonds is 2. The van der Waals surface area contributed by atoms with Gasteiger partial charge in [0.1, 0.15) is 11.9 Å². The number of carbonyl (C=O) groups is 1. The molecule has 0 aliphatic rings. The number of aryl methyl sites for hydroxylation is 1. The fraction of sp³-hybridized carbons (Fsp3) is 0.125. The van der Waals surface area contributed by atoms with Crippen LogP contribution in [0.25, 0.3) is 0 Å². The number of carbonyl (C=O) groups excluding carboxylic acids is 1. The fourth-order valence-corrected chi connectivity index (χ4v) is 1.95. The Balaban J connectivity index is 2.36. The Hall–Kier alpha value is -2.87. The second-order valence-corrected chi connectivity index (χ2v) is 4.74. The van der Waals surface area contributed by atoms with Crippen LogP contribution in [0.5, 0.6) is 0 Å². The molecule has 0 heterocycles. The molecular formula is C16H14FN3O. The molecule has 0 spiro atoms. The predicted molar refractivity (Wildman–Crippen MR) is 79.4 cm³/mol. The number of nitrogens with one attached hydrogen (secondary N) is 1. The molecule has 0 fully saturated rings. The van der Waals surface area contributed by atoms with Gasteiger partial charge in [-0.15, -0.1) is 0 Å². The number of nitrogen functional groups attached to an aromatic ring is 1. The molecule has 0 radical (unpaired) electrons. The van der Waals surface area contributed by atoms with Gasteiger partial charge in [0, 0.05) is 16.8 Å². The summed E-state index contributed by atoms with van der Waals surface area (Å²) in [7, 11) is 0. The fourth-order valence-electron chi connectivity index (χ4n) is 1.95. The van der Waals surface area contributed by atoms with Crippen molar-refractivity contribution in [1.82, 2.24) is 0 Å². The third-order valence-electron chi connectivity index (χ3n) is 3.28. The van der Waals surface area contributed by atoms with Gasteiger partial charge in [-0.25, -0.2) is 4.39 Å². The van der Waals surface area contributed by atoms with Crippen molar-refractivity contribution >= 4 is 17.3 Å². The van der Waals surface area contributed by atoms with Crippen LogP contribution in [-0.4, -0.2) is 5.91 Å². The van der Waals surface area contributed by atoms with Crippen LogP contribution in [0.15, 0.2) is 30.3 Å². The molecule has 0 saturated heterocycles. The number of hydrogen-bond acceptors (Lipinski definition) is 3. The molecule has 4 nitrogen and oxygen atoms in total. The Morgan fingerprint density at radius 1 is 1.33 bits per heavy atom. The van der Waals surface area contributed by atoms with Crippen molar-refractivity contribution in [2.75, 3.05) is 11.1 Å². The average molecular weight is 283 g/mol. The van der Waals surface area contributed by atoms with Crippen molar-refractivity contribution in [1.29, 1.82) is 5.26 Å². The van der Waals surface area contributed by atoms with E-state index in [1.807, 2.05) is 6.07 Å². The number of benzene rings is 2. The molecule has 2 aromatic carbocycles. The van der Waals surface area contributed by atoms with E-state index in [0.29, 0.717) is 16.8 Å². The zero-order valence-corrected chi connectivity index (χ0v) is 11.7. The van der Waals surface area contributed by atoms with Crippen molar-refractivity contribution in [3.63, 3.8) is 0 Å². The topological polar surface area (TPSA) is 78.9 Å². The summed E-state index contributed by atoms with van der Waals surface area (Å²) in [4.78, 5) is 12.2. The van der Waals surface area contributed by atoms with Crippen LogP contribution >= 0.6 is 0 Å². The molecule has 0 saturated carbocycles. The Morgan fingerprint density at radius 2 is 2.05 bits per heavy atom. The highest BCUT2D eigenvalue weighted by Crippen LogP contribution is 2.21. The average Bonchev–Trinajstić information content (AvgIpc) is 2.44. The van der Waals surface area contributed by atoms with Crippen LogP contribution in [0.1, 0.15) is 27.0 Å². The molecule has 3 N–H and O–H groups in total. The first-order valence-corrected chi connectivity index (χ1v) is 6.30. The summed E-state index contributed by atoms with van der Waals surface area (Å²) in [6.07, 6.45) is 0. The molecular weight excluding hydrogens is 269 g/mol. The summed E-state index contributed by atoms with van der Waals surface area (Å²) < 4.78 is 13.6. The Labute approximate surface area is 122 Å². The summed E-state index contributed by atoms with van der Waals surface area (Å²) in [5, 5.41) is 11.7. The minimum absolute atomic E-state index is 0.112. The van der Waals surface area contributed by atoms with Gasteiger partial charge in [-0.2, -0.15) is 5.26 Å². The number of nitrogens with zero attached hydrogens (tertiary/aromatic N) is 1. The van der Waals surface area contributed by atoms with Crippen molar-refractivity contribution in [2.24, 2.45) is 0 Å². The van der Waals surface area contributed by atoms with E-state index in [1.165, 1.54) is 6.07 Å². The number of nitrogens with two attached hydrogens (primary N) is 1. The number of hydrogen-bond donors (Lipinski definition) is 2. The molecule has 2 aromatic rings. The number of anilines is 2. The molecule has 0 bridgehead atoms. The van der Waals surface area contributed by atoms with Gasteiger partial charge in [-0.1, -0.05) is 12.1 Å². The molecule has 106 valence electrons. The lowest BCUT2D eigenvalue weighted by molar-refractivity contribution is 0.102. The second-order valence-electron chi connectivity index (χ2n) is 4.74. The van der Waals surface area contributed by atoms with Gasteiger partial charge in [-0.3, -0.25) is 4.79 Å². The summed E-state index contributed by atoms with van der Waals surface area (Å²) in [6.45, 7) is 3.32. The zero-order chi connectivity index (χ0) is 15.6. The van der Waals surface area contributed by atoms with E-state index >= 15 is 0 Å². The van der Waals surface area contributed by atoms with Gasteiger partial charge in [-0.05, 0) is 37.6 Å². The van der Waals surface area contributed by atoms with Gasteiger partial charge >= 0.3 is 0 Å². The smallest absolute Gasteiger partial charge is 0.255 e. The maximum Gasteiger partial charge on any atom is 0.255 e. The molecule has 0 aromatic heterocycles. The molecule has 0 aliphatic heterocycles. The molecule has 0 atom stereocenters. The van der Waals surface area contributed by atoms with Gasteiger partial charge in [0.2, 0.25) is 0 Å². The monoisotopic (exact) mass is 283 g/mol. The van der Waals surface area contributed by atoms with E-state index in [2.05, 4.69) is 5.32 Å². The van der Waals surface area contributed by atoms with E-state index in [0.717, 1.165) is 11.6 Å². The maximum absolute atomic E-state index is 13.6. The first-order valence-electron chi connectivity index (χ1n) is 6.30. The second kappa shape index (κ2) is 5.63. The lowest BCUT2D eigenvalue weighted by atomic mass is 10.1. The van der Waals surface area contributed by atoms with Crippen LogP contribution < -0.4 is 11.1 Å². The quantitative estimate of drug-likeness (QED) is 0.831. The highest BCUT2D eigenvalue weighted by atomic mass is 19.1. The third kappa shape index (κ3) is 2.84. The van der Waals surface area contributed by atoms with E-state index in [1.54, 1.807) is 32.0 Å². The maximum atomic E-state index is 13.6. The lowest BCUT2D eigenvalue weighted by Crippen LogP contribution is -2.14. The standard InChI is InChI=1S/C16H14FN3O/c1-9-4-3-5-15(12(9)8-18)20-16(21)11-6-13(17)10(2)14(19)7-11/h3-7H,19H2,1-2H3,(H,20,21). The number of nitriles is 1. The molecule has 5 heteroatoms. The largest absolute Gasteiger partial charge is 0.398 e. The summed E-state index contributed by atoms with van der Waals surface area (Å²) in [6, 6.07) is 9.71. The van der Waals surface area contributed by atoms with Crippen LogP contribution in [-0.2, 0) is 0 Å². The van der Waals surface area contributed by atoms with Gasteiger partial charge in [0.05, 0.1) is 11.3 Å². The number of amides is 1. The molecule has 2 rings (SSSR count). The van der Waals surface area contributed by atoms with Crippen LogP contribution in [0.2, 0.25) is 0 Å². The lowest BCUT2D eigenvalue weighted by Gasteiger charge is -2.10. The first-order chi connectivity index (χ1) is 9.93. The first kappa shape index (κ1) is 14.5. The van der Waals surface area contributed by atoms with Crippen molar-refractivity contribution in [3.05, 3.63) is 58.4 Å². The van der Waals surface area contributed by atoms with E-state index in [4.69, 9.17) is 11.0 Å². The summed E-state index contributed by atoms with van der Waals surface area (Å²) in [5.74, 6) is -1.05. The molecule has 0 unspecified atom stereocenters. The van der Waals surface area contributed by atoms with Crippen LogP contribution in [0.3, 0.4) is 0 Å². The minimum Gasteiger partial charge on any atom is -0.398 e. The van der Waals surface area contributed by atoms with Crippen LogP contribution in [0, 0.1) is 31.0 Å². The summed E-state index contributed by atoms with van der Waals surface area (Å²) >= 11 is 0. The van der Waals surface area contributed by atoms with Gasteiger partial charge in [0.25, 0.3) is 5.91 Å². The van der Waals surface area contributed by atoms with Gasteiger partial charge in [0.15, 0.2) is 0 Å². The molecule has 21 heavy (non-hydrogen) atoms. The summed E-state index contributed by atoms with van der Waals surface area (Å²) in [5.41, 5.74) is 7.82. The van der Waals surface area contributed by atoms with E-state index < -0.39 is 11.7 Å². The normalized spacial score (nSPS) is 10.0. The van der Waals surface area contributed by atoms with E-state index in [9.17, 15) is 9.18 Å². The Kier molecular flexibility index (Phi) is 3.90. The van der Waals surface area contributed by atoms with Crippen LogP contribution in [0.4, 0.5) is 15.8 Å². The third-order valence-corrected chi connectivity index (χ3v) is 3.28. The Morgan fingerprint density at radius 3 is 2.67 bits per heavy atom. The van der Waals surface area contributed by atoms with E-state index in [-0.39, 0.29) is 11.3 Å². The highest BCUT2D eigenvalue weighted by Gasteiger charge is 2.13. The van der Waals surface area contributed by atoms with Crippen molar-refractivity contribution < 1.29 is 9.18 Å². The minimum atomic E-state index is -0.537. The predicted octanol–water partition coefficient (Wildman–Crippen LogP) is 3.15. The van der Waals surface area contributed by atoms with Crippen molar-refractivity contribution in [2.45, 2.75) is 13.8 Å². The van der Waals surface area contributed by atoms with Crippen molar-refractivity contribution in [3.8, 4) is 6.07 Å². The van der Waals surface area contributed by atoms with Gasteiger partial charge < -0.3 is 11.1 Å². The molecule has 0 aliphatic carbocycles. The molecule has 1 amide bonds. The Bertz CT molecular complexity index is 740. The highest BCUT2D eigenvalue weighted by molar-refractivity contribution is 6.05. The number of halogens is 1.